The summed E-state index contributed by atoms with van der Waals surface area (Å²) in [7, 11) is 0. The summed E-state index contributed by atoms with van der Waals surface area (Å²) in [6.07, 6.45) is 2.42. The number of amides is 1. The third-order valence-corrected chi connectivity index (χ3v) is 4.20. The number of carbonyl (C=O) groups excluding carboxylic acids is 1. The molecule has 1 amide bonds. The van der Waals surface area contributed by atoms with E-state index in [2.05, 4.69) is 19.2 Å². The first-order chi connectivity index (χ1) is 9.48. The van der Waals surface area contributed by atoms with Gasteiger partial charge in [0.1, 0.15) is 5.82 Å². The molecular formula is C16H24FNO2. The number of aryl methyl sites for hydroxylation is 1. The molecule has 0 unspecified atom stereocenters. The van der Waals surface area contributed by atoms with Crippen molar-refractivity contribution >= 4 is 5.91 Å². The molecule has 1 aromatic carbocycles. The summed E-state index contributed by atoms with van der Waals surface area (Å²) in [6, 6.07) is 4.49. The van der Waals surface area contributed by atoms with Crippen LogP contribution in [0.15, 0.2) is 18.2 Å². The van der Waals surface area contributed by atoms with Gasteiger partial charge < -0.3 is 10.4 Å². The third-order valence-electron chi connectivity index (χ3n) is 4.20. The van der Waals surface area contributed by atoms with Crippen LogP contribution in [-0.2, 0) is 0 Å². The summed E-state index contributed by atoms with van der Waals surface area (Å²) in [6.45, 7) is 6.37. The Morgan fingerprint density at radius 3 is 2.50 bits per heavy atom. The Kier molecular flexibility index (Phi) is 6.14. The molecule has 0 bridgehead atoms. The monoisotopic (exact) mass is 281 g/mol. The van der Waals surface area contributed by atoms with Crippen LogP contribution in [0.5, 0.6) is 0 Å². The highest BCUT2D eigenvalue weighted by Crippen LogP contribution is 2.29. The lowest BCUT2D eigenvalue weighted by atomic mass is 9.79. The van der Waals surface area contributed by atoms with Crippen molar-refractivity contribution in [2.24, 2.45) is 5.41 Å². The fraction of sp³-hybridized carbons (Fsp3) is 0.562. The van der Waals surface area contributed by atoms with Crippen molar-refractivity contribution in [3.63, 3.8) is 0 Å². The molecule has 0 atom stereocenters. The van der Waals surface area contributed by atoms with Gasteiger partial charge in [0, 0.05) is 18.7 Å². The van der Waals surface area contributed by atoms with Crippen LogP contribution in [-0.4, -0.2) is 24.2 Å². The van der Waals surface area contributed by atoms with E-state index in [1.807, 2.05) is 0 Å². The molecule has 1 aromatic rings. The van der Waals surface area contributed by atoms with Crippen LogP contribution >= 0.6 is 0 Å². The summed E-state index contributed by atoms with van der Waals surface area (Å²) in [5.74, 6) is -0.640. The van der Waals surface area contributed by atoms with Crippen LogP contribution < -0.4 is 5.32 Å². The maximum atomic E-state index is 13.5. The molecular weight excluding hydrogens is 257 g/mol. The Labute approximate surface area is 120 Å². The summed E-state index contributed by atoms with van der Waals surface area (Å²) < 4.78 is 13.5. The predicted octanol–water partition coefficient (Wildman–Crippen LogP) is 3.05. The van der Waals surface area contributed by atoms with Crippen molar-refractivity contribution < 1.29 is 14.3 Å². The van der Waals surface area contributed by atoms with Gasteiger partial charge in [-0.3, -0.25) is 4.79 Å². The third kappa shape index (κ3) is 4.04. The maximum Gasteiger partial charge on any atom is 0.251 e. The lowest BCUT2D eigenvalue weighted by Gasteiger charge is -2.31. The minimum absolute atomic E-state index is 0.0896. The first-order valence-electron chi connectivity index (χ1n) is 7.13. The molecule has 4 heteroatoms. The number of rotatable bonds is 7. The fourth-order valence-corrected chi connectivity index (χ4v) is 2.28. The summed E-state index contributed by atoms with van der Waals surface area (Å²) in [5, 5.41) is 12.0. The van der Waals surface area contributed by atoms with E-state index in [0.717, 1.165) is 12.8 Å². The number of benzene rings is 1. The number of hydrogen-bond acceptors (Lipinski definition) is 2. The Hall–Kier alpha value is -1.42. The van der Waals surface area contributed by atoms with Crippen LogP contribution in [0, 0.1) is 18.2 Å². The Balaban J connectivity index is 2.72. The molecule has 0 saturated heterocycles. The predicted molar refractivity (Wildman–Crippen MR) is 78.2 cm³/mol. The van der Waals surface area contributed by atoms with Gasteiger partial charge in [-0.1, -0.05) is 19.9 Å². The first-order valence-corrected chi connectivity index (χ1v) is 7.13. The standard InChI is InChI=1S/C16H24FNO2/c1-4-16(5-2,8-9-19)11-18-15(20)13-7-6-12(3)14(17)10-13/h6-7,10,19H,4-5,8-9,11H2,1-3H3,(H,18,20). The van der Waals surface area contributed by atoms with Crippen molar-refractivity contribution in [1.29, 1.82) is 0 Å². The van der Waals surface area contributed by atoms with Gasteiger partial charge in [-0.15, -0.1) is 0 Å². The van der Waals surface area contributed by atoms with Gasteiger partial charge in [0.15, 0.2) is 0 Å². The van der Waals surface area contributed by atoms with E-state index in [0.29, 0.717) is 24.1 Å². The van der Waals surface area contributed by atoms with E-state index < -0.39 is 0 Å². The van der Waals surface area contributed by atoms with Gasteiger partial charge >= 0.3 is 0 Å². The number of halogens is 1. The minimum Gasteiger partial charge on any atom is -0.396 e. The highest BCUT2D eigenvalue weighted by atomic mass is 19.1. The number of carbonyl (C=O) groups is 1. The van der Waals surface area contributed by atoms with E-state index in [4.69, 9.17) is 5.11 Å². The average molecular weight is 281 g/mol. The Morgan fingerprint density at radius 1 is 1.35 bits per heavy atom. The average Bonchev–Trinajstić information content (AvgIpc) is 2.46. The van der Waals surface area contributed by atoms with Crippen molar-refractivity contribution in [1.82, 2.24) is 5.32 Å². The molecule has 0 heterocycles. The van der Waals surface area contributed by atoms with E-state index in [-0.39, 0.29) is 23.7 Å². The van der Waals surface area contributed by atoms with Gasteiger partial charge in [0.05, 0.1) is 0 Å². The molecule has 2 N–H and O–H groups in total. The number of nitrogens with one attached hydrogen (secondary N) is 1. The smallest absolute Gasteiger partial charge is 0.251 e. The lowest BCUT2D eigenvalue weighted by molar-refractivity contribution is 0.0907. The zero-order chi connectivity index (χ0) is 15.2. The van der Waals surface area contributed by atoms with Crippen molar-refractivity contribution in [3.05, 3.63) is 35.1 Å². The Morgan fingerprint density at radius 2 is 2.00 bits per heavy atom. The molecule has 0 radical (unpaired) electrons. The van der Waals surface area contributed by atoms with Crippen molar-refractivity contribution in [3.8, 4) is 0 Å². The van der Waals surface area contributed by atoms with Gasteiger partial charge in [-0.05, 0) is 49.3 Å². The van der Waals surface area contributed by atoms with Gasteiger partial charge in [-0.2, -0.15) is 0 Å². The molecule has 20 heavy (non-hydrogen) atoms. The number of aliphatic hydroxyl groups is 1. The van der Waals surface area contributed by atoms with Crippen molar-refractivity contribution in [2.45, 2.75) is 40.0 Å². The minimum atomic E-state index is -0.370. The second kappa shape index (κ2) is 7.39. The van der Waals surface area contributed by atoms with Gasteiger partial charge in [0.2, 0.25) is 0 Å². The molecule has 0 aliphatic carbocycles. The van der Waals surface area contributed by atoms with Crippen LogP contribution in [0.2, 0.25) is 0 Å². The second-order valence-corrected chi connectivity index (χ2v) is 5.33. The number of hydrogen-bond donors (Lipinski definition) is 2. The first kappa shape index (κ1) is 16.6. The highest BCUT2D eigenvalue weighted by Gasteiger charge is 2.26. The highest BCUT2D eigenvalue weighted by molar-refractivity contribution is 5.94. The lowest BCUT2D eigenvalue weighted by Crippen LogP contribution is -2.37. The molecule has 0 fully saturated rings. The van der Waals surface area contributed by atoms with Crippen LogP contribution in [0.1, 0.15) is 49.0 Å². The molecule has 0 spiro atoms. The SMILES string of the molecule is CCC(CC)(CCO)CNC(=O)c1ccc(C)c(F)c1. The van der Waals surface area contributed by atoms with Crippen LogP contribution in [0.3, 0.4) is 0 Å². The fourth-order valence-electron chi connectivity index (χ4n) is 2.28. The van der Waals surface area contributed by atoms with E-state index >= 15 is 0 Å². The van der Waals surface area contributed by atoms with Crippen LogP contribution in [0.25, 0.3) is 0 Å². The van der Waals surface area contributed by atoms with E-state index in [1.165, 1.54) is 6.07 Å². The van der Waals surface area contributed by atoms with Crippen LogP contribution in [0.4, 0.5) is 4.39 Å². The zero-order valence-electron chi connectivity index (χ0n) is 12.5. The summed E-state index contributed by atoms with van der Waals surface area (Å²) in [4.78, 5) is 12.1. The van der Waals surface area contributed by atoms with Gasteiger partial charge in [0.25, 0.3) is 5.91 Å². The molecule has 3 nitrogen and oxygen atoms in total. The second-order valence-electron chi connectivity index (χ2n) is 5.33. The van der Waals surface area contributed by atoms with Gasteiger partial charge in [-0.25, -0.2) is 4.39 Å². The molecule has 0 aromatic heterocycles. The normalized spacial score (nSPS) is 11.4. The molecule has 0 aliphatic heterocycles. The summed E-state index contributed by atoms with van der Waals surface area (Å²) in [5.41, 5.74) is 0.768. The maximum absolute atomic E-state index is 13.5. The van der Waals surface area contributed by atoms with Crippen molar-refractivity contribution in [2.75, 3.05) is 13.2 Å². The zero-order valence-corrected chi connectivity index (χ0v) is 12.5. The molecule has 0 saturated carbocycles. The number of aliphatic hydroxyl groups excluding tert-OH is 1. The quantitative estimate of drug-likeness (QED) is 0.807. The summed E-state index contributed by atoms with van der Waals surface area (Å²) >= 11 is 0. The van der Waals surface area contributed by atoms with E-state index in [9.17, 15) is 9.18 Å². The van der Waals surface area contributed by atoms with E-state index in [1.54, 1.807) is 19.1 Å². The molecule has 0 aliphatic rings. The topological polar surface area (TPSA) is 49.3 Å². The molecule has 1 rings (SSSR count). The largest absolute Gasteiger partial charge is 0.396 e. The Bertz CT molecular complexity index is 456. The molecule has 112 valence electrons.